The van der Waals surface area contributed by atoms with Crippen LogP contribution in [0.1, 0.15) is 6.92 Å². The van der Waals surface area contributed by atoms with Crippen molar-refractivity contribution in [2.24, 2.45) is 0 Å². The number of carbonyl (C=O) groups is 1. The van der Waals surface area contributed by atoms with Crippen molar-refractivity contribution in [1.82, 2.24) is 0 Å². The van der Waals surface area contributed by atoms with Crippen LogP contribution in [0.4, 0.5) is 14.5 Å². The highest BCUT2D eigenvalue weighted by Crippen LogP contribution is 2.32. The Morgan fingerprint density at radius 3 is 2.43 bits per heavy atom. The van der Waals surface area contributed by atoms with E-state index in [0.717, 1.165) is 0 Å². The second kappa shape index (κ2) is 4.35. The maximum Gasteiger partial charge on any atom is 0.221 e. The van der Waals surface area contributed by atoms with Crippen molar-refractivity contribution in [2.45, 2.75) is 6.92 Å². The van der Waals surface area contributed by atoms with Crippen molar-refractivity contribution < 1.29 is 13.6 Å². The van der Waals surface area contributed by atoms with Crippen molar-refractivity contribution >= 4 is 43.5 Å². The standard InChI is InChI=1S/C8H5Br2F2NO/c1-3(14)13-5-2-4(9)7(11)8(12)6(5)10/h2H,1H3,(H,13,14). The molecular formula is C8H5Br2F2NO. The molecule has 0 aromatic heterocycles. The lowest BCUT2D eigenvalue weighted by molar-refractivity contribution is -0.114. The smallest absolute Gasteiger partial charge is 0.221 e. The molecule has 0 bridgehead atoms. The van der Waals surface area contributed by atoms with E-state index < -0.39 is 11.6 Å². The highest BCUT2D eigenvalue weighted by atomic mass is 79.9. The van der Waals surface area contributed by atoms with Crippen LogP contribution in [0.15, 0.2) is 15.0 Å². The van der Waals surface area contributed by atoms with E-state index in [4.69, 9.17) is 0 Å². The van der Waals surface area contributed by atoms with Crippen LogP contribution in [0, 0.1) is 11.6 Å². The van der Waals surface area contributed by atoms with Gasteiger partial charge in [0, 0.05) is 6.92 Å². The largest absolute Gasteiger partial charge is 0.325 e. The molecule has 14 heavy (non-hydrogen) atoms. The van der Waals surface area contributed by atoms with Gasteiger partial charge >= 0.3 is 0 Å². The highest BCUT2D eigenvalue weighted by molar-refractivity contribution is 9.11. The zero-order valence-electron chi connectivity index (χ0n) is 7.00. The molecule has 0 radical (unpaired) electrons. The topological polar surface area (TPSA) is 29.1 Å². The zero-order chi connectivity index (χ0) is 10.9. The van der Waals surface area contributed by atoms with Crippen molar-refractivity contribution in [1.29, 1.82) is 0 Å². The summed E-state index contributed by atoms with van der Waals surface area (Å²) in [5.74, 6) is -2.39. The van der Waals surface area contributed by atoms with E-state index >= 15 is 0 Å². The molecule has 0 unspecified atom stereocenters. The van der Waals surface area contributed by atoms with Gasteiger partial charge < -0.3 is 5.32 Å². The summed E-state index contributed by atoms with van der Waals surface area (Å²) < 4.78 is 25.9. The van der Waals surface area contributed by atoms with Crippen LogP contribution in [0.2, 0.25) is 0 Å². The number of anilines is 1. The molecule has 0 saturated heterocycles. The molecule has 1 N–H and O–H groups in total. The molecule has 0 fully saturated rings. The van der Waals surface area contributed by atoms with Gasteiger partial charge in [-0.2, -0.15) is 0 Å². The number of amides is 1. The van der Waals surface area contributed by atoms with Crippen molar-refractivity contribution in [3.8, 4) is 0 Å². The molecule has 0 spiro atoms. The molecule has 0 aliphatic heterocycles. The maximum absolute atomic E-state index is 13.1. The monoisotopic (exact) mass is 327 g/mol. The molecular weight excluding hydrogens is 324 g/mol. The number of carbonyl (C=O) groups excluding carboxylic acids is 1. The van der Waals surface area contributed by atoms with Crippen molar-refractivity contribution in [3.05, 3.63) is 26.6 Å². The first-order chi connectivity index (χ1) is 6.43. The van der Waals surface area contributed by atoms with Gasteiger partial charge in [-0.1, -0.05) is 0 Å². The third-order valence-electron chi connectivity index (χ3n) is 1.41. The summed E-state index contributed by atoms with van der Waals surface area (Å²) in [6.07, 6.45) is 0. The SMILES string of the molecule is CC(=O)Nc1cc(Br)c(F)c(F)c1Br. The molecule has 0 aliphatic carbocycles. The third kappa shape index (κ3) is 2.30. The fourth-order valence-corrected chi connectivity index (χ4v) is 1.64. The average molecular weight is 329 g/mol. The van der Waals surface area contributed by atoms with Gasteiger partial charge in [0.05, 0.1) is 14.6 Å². The van der Waals surface area contributed by atoms with Gasteiger partial charge in [0.1, 0.15) is 0 Å². The van der Waals surface area contributed by atoms with E-state index in [1.54, 1.807) is 0 Å². The van der Waals surface area contributed by atoms with E-state index in [2.05, 4.69) is 37.2 Å². The lowest BCUT2D eigenvalue weighted by Crippen LogP contribution is -2.07. The summed E-state index contributed by atoms with van der Waals surface area (Å²) in [4.78, 5) is 10.7. The molecule has 6 heteroatoms. The average Bonchev–Trinajstić information content (AvgIpc) is 2.10. The Morgan fingerprint density at radius 2 is 1.93 bits per heavy atom. The zero-order valence-corrected chi connectivity index (χ0v) is 10.2. The summed E-state index contributed by atoms with van der Waals surface area (Å²) in [5.41, 5.74) is 0.184. The summed E-state index contributed by atoms with van der Waals surface area (Å²) in [5, 5.41) is 2.36. The Balaban J connectivity index is 3.25. The Morgan fingerprint density at radius 1 is 1.36 bits per heavy atom. The predicted molar refractivity (Wildman–Crippen MR) is 56.1 cm³/mol. The quantitative estimate of drug-likeness (QED) is 0.621. The number of halogens is 4. The summed E-state index contributed by atoms with van der Waals surface area (Å²) in [6.45, 7) is 1.28. The molecule has 2 nitrogen and oxygen atoms in total. The molecule has 0 aliphatic rings. The van der Waals surface area contributed by atoms with Gasteiger partial charge in [0.15, 0.2) is 11.6 Å². The van der Waals surface area contributed by atoms with E-state index in [1.807, 2.05) is 0 Å². The lowest BCUT2D eigenvalue weighted by atomic mass is 10.3. The van der Waals surface area contributed by atoms with Crippen molar-refractivity contribution in [3.63, 3.8) is 0 Å². The lowest BCUT2D eigenvalue weighted by Gasteiger charge is -2.07. The molecule has 1 aromatic rings. The normalized spacial score (nSPS) is 10.1. The Labute approximate surface area is 95.9 Å². The third-order valence-corrected chi connectivity index (χ3v) is 2.77. The number of hydrogen-bond donors (Lipinski definition) is 1. The van der Waals surface area contributed by atoms with Gasteiger partial charge in [0.25, 0.3) is 0 Å². The highest BCUT2D eigenvalue weighted by Gasteiger charge is 2.15. The van der Waals surface area contributed by atoms with Gasteiger partial charge in [-0.3, -0.25) is 4.79 Å². The van der Waals surface area contributed by atoms with Crippen LogP contribution in [0.5, 0.6) is 0 Å². The number of rotatable bonds is 1. The first-order valence-electron chi connectivity index (χ1n) is 3.54. The minimum Gasteiger partial charge on any atom is -0.325 e. The Bertz CT molecular complexity index is 395. The summed E-state index contributed by atoms with van der Waals surface area (Å²) >= 11 is 5.68. The Kier molecular flexibility index (Phi) is 3.60. The van der Waals surface area contributed by atoms with Gasteiger partial charge in [-0.15, -0.1) is 0 Å². The molecule has 1 rings (SSSR count). The second-order valence-electron chi connectivity index (χ2n) is 2.53. The molecule has 1 amide bonds. The van der Waals surface area contributed by atoms with Crippen LogP contribution in [-0.2, 0) is 4.79 Å². The summed E-state index contributed by atoms with van der Waals surface area (Å²) in [6, 6.07) is 1.28. The van der Waals surface area contributed by atoms with Crippen molar-refractivity contribution in [2.75, 3.05) is 5.32 Å². The summed E-state index contributed by atoms with van der Waals surface area (Å²) in [7, 11) is 0. The molecule has 0 saturated carbocycles. The number of hydrogen-bond acceptors (Lipinski definition) is 1. The first kappa shape index (κ1) is 11.6. The molecule has 1 aromatic carbocycles. The van der Waals surface area contributed by atoms with Crippen LogP contribution >= 0.6 is 31.9 Å². The van der Waals surface area contributed by atoms with E-state index in [1.165, 1.54) is 13.0 Å². The molecule has 76 valence electrons. The van der Waals surface area contributed by atoms with Crippen LogP contribution in [-0.4, -0.2) is 5.91 Å². The van der Waals surface area contributed by atoms with Gasteiger partial charge in [-0.25, -0.2) is 8.78 Å². The Hall–Kier alpha value is -0.490. The van der Waals surface area contributed by atoms with Crippen LogP contribution in [0.3, 0.4) is 0 Å². The number of nitrogens with one attached hydrogen (secondary N) is 1. The number of benzene rings is 1. The van der Waals surface area contributed by atoms with Gasteiger partial charge in [0.2, 0.25) is 5.91 Å². The first-order valence-corrected chi connectivity index (χ1v) is 5.12. The van der Waals surface area contributed by atoms with Crippen LogP contribution in [0.25, 0.3) is 0 Å². The van der Waals surface area contributed by atoms with E-state index in [9.17, 15) is 13.6 Å². The van der Waals surface area contributed by atoms with Gasteiger partial charge in [-0.05, 0) is 37.9 Å². The second-order valence-corrected chi connectivity index (χ2v) is 4.18. The molecule has 0 atom stereocenters. The maximum atomic E-state index is 13.1. The fraction of sp³-hybridized carbons (Fsp3) is 0.125. The molecule has 0 heterocycles. The minimum absolute atomic E-state index is 0.0399. The minimum atomic E-state index is -1.04. The fourth-order valence-electron chi connectivity index (χ4n) is 0.853. The predicted octanol–water partition coefficient (Wildman–Crippen LogP) is 3.45. The van der Waals surface area contributed by atoms with Crippen LogP contribution < -0.4 is 5.32 Å². The van der Waals surface area contributed by atoms with E-state index in [0.29, 0.717) is 0 Å². The van der Waals surface area contributed by atoms with E-state index in [-0.39, 0.29) is 20.5 Å².